The lowest BCUT2D eigenvalue weighted by Gasteiger charge is -2.42. The van der Waals surface area contributed by atoms with Crippen LogP contribution in [-0.4, -0.2) is 54.0 Å². The molecular weight excluding hydrogens is 324 g/mol. The minimum atomic E-state index is 0.0985. The van der Waals surface area contributed by atoms with E-state index < -0.39 is 0 Å². The normalized spacial score (nSPS) is 25.0. The standard InChI is InChI=1S/C19H27ClN2O2/c1-15-5-4-6-17(13-21-11-2-3-12-21)22(15)19(23)14-24-18-9-7-16(20)8-10-18/h7-10,15,17H,2-6,11-14H2,1H3. The van der Waals surface area contributed by atoms with Crippen molar-refractivity contribution in [1.82, 2.24) is 9.80 Å². The van der Waals surface area contributed by atoms with E-state index in [1.165, 1.54) is 32.4 Å². The molecule has 2 aliphatic rings. The molecule has 24 heavy (non-hydrogen) atoms. The Morgan fingerprint density at radius 3 is 2.58 bits per heavy atom. The monoisotopic (exact) mass is 350 g/mol. The van der Waals surface area contributed by atoms with Crippen LogP contribution in [0.4, 0.5) is 0 Å². The largest absolute Gasteiger partial charge is 0.484 e. The van der Waals surface area contributed by atoms with Crippen molar-refractivity contribution in [3.05, 3.63) is 29.3 Å². The number of nitrogens with zero attached hydrogens (tertiary/aromatic N) is 2. The Hall–Kier alpha value is -1.26. The highest BCUT2D eigenvalue weighted by molar-refractivity contribution is 6.30. The van der Waals surface area contributed by atoms with Crippen LogP contribution in [0.2, 0.25) is 5.02 Å². The highest BCUT2D eigenvalue weighted by atomic mass is 35.5. The first-order valence-electron chi connectivity index (χ1n) is 9.05. The van der Waals surface area contributed by atoms with Gasteiger partial charge in [0.1, 0.15) is 5.75 Å². The third kappa shape index (κ3) is 4.42. The van der Waals surface area contributed by atoms with Gasteiger partial charge in [0.05, 0.1) is 0 Å². The van der Waals surface area contributed by atoms with Crippen LogP contribution in [0.5, 0.6) is 5.75 Å². The molecule has 0 bridgehead atoms. The first-order valence-corrected chi connectivity index (χ1v) is 9.43. The summed E-state index contributed by atoms with van der Waals surface area (Å²) in [6.45, 7) is 5.62. The first-order chi connectivity index (χ1) is 11.6. The lowest BCUT2D eigenvalue weighted by atomic mass is 9.96. The summed E-state index contributed by atoms with van der Waals surface area (Å²) in [7, 11) is 0. The van der Waals surface area contributed by atoms with Crippen LogP contribution >= 0.6 is 11.6 Å². The van der Waals surface area contributed by atoms with E-state index in [0.29, 0.717) is 22.9 Å². The van der Waals surface area contributed by atoms with Crippen LogP contribution in [0.15, 0.2) is 24.3 Å². The van der Waals surface area contributed by atoms with Gasteiger partial charge in [-0.1, -0.05) is 11.6 Å². The molecule has 2 aliphatic heterocycles. The molecule has 4 nitrogen and oxygen atoms in total. The molecule has 1 amide bonds. The average Bonchev–Trinajstić information content (AvgIpc) is 3.07. The number of ether oxygens (including phenoxy) is 1. The molecule has 2 unspecified atom stereocenters. The number of carbonyl (C=O) groups excluding carboxylic acids is 1. The fourth-order valence-electron chi connectivity index (χ4n) is 3.93. The Labute approximate surface area is 149 Å². The van der Waals surface area contributed by atoms with Crippen LogP contribution in [-0.2, 0) is 4.79 Å². The molecule has 5 heteroatoms. The van der Waals surface area contributed by atoms with Gasteiger partial charge in [0.15, 0.2) is 6.61 Å². The second-order valence-corrected chi connectivity index (χ2v) is 7.42. The number of rotatable bonds is 5. The summed E-state index contributed by atoms with van der Waals surface area (Å²) in [5.74, 6) is 0.787. The molecule has 0 aromatic heterocycles. The van der Waals surface area contributed by atoms with Gasteiger partial charge in [0, 0.05) is 23.7 Å². The molecule has 2 atom stereocenters. The summed E-state index contributed by atoms with van der Waals surface area (Å²) in [6.07, 6.45) is 5.98. The van der Waals surface area contributed by atoms with Crippen LogP contribution < -0.4 is 4.74 Å². The van der Waals surface area contributed by atoms with Gasteiger partial charge >= 0.3 is 0 Å². The zero-order valence-corrected chi connectivity index (χ0v) is 15.2. The van der Waals surface area contributed by atoms with Crippen molar-refractivity contribution in [2.75, 3.05) is 26.2 Å². The number of likely N-dealkylation sites (tertiary alicyclic amines) is 2. The molecule has 1 aromatic rings. The Kier molecular flexibility index (Phi) is 6.01. The molecule has 2 saturated heterocycles. The number of piperidine rings is 1. The SMILES string of the molecule is CC1CCCC(CN2CCCC2)N1C(=O)COc1ccc(Cl)cc1. The maximum absolute atomic E-state index is 12.8. The van der Waals surface area contributed by atoms with Crippen molar-refractivity contribution < 1.29 is 9.53 Å². The summed E-state index contributed by atoms with van der Waals surface area (Å²) < 4.78 is 5.68. The van der Waals surface area contributed by atoms with Crippen LogP contribution in [0.3, 0.4) is 0 Å². The van der Waals surface area contributed by atoms with E-state index in [0.717, 1.165) is 19.4 Å². The summed E-state index contributed by atoms with van der Waals surface area (Å²) in [6, 6.07) is 7.79. The van der Waals surface area contributed by atoms with E-state index in [1.807, 2.05) is 0 Å². The molecule has 0 spiro atoms. The smallest absolute Gasteiger partial charge is 0.261 e. The molecule has 3 rings (SSSR count). The predicted molar refractivity (Wildman–Crippen MR) is 96.6 cm³/mol. The zero-order valence-electron chi connectivity index (χ0n) is 14.4. The summed E-state index contributed by atoms with van der Waals surface area (Å²) in [4.78, 5) is 17.4. The molecule has 0 saturated carbocycles. The van der Waals surface area contributed by atoms with Crippen molar-refractivity contribution in [3.8, 4) is 5.75 Å². The first kappa shape index (κ1) is 17.6. The number of carbonyl (C=O) groups is 1. The second-order valence-electron chi connectivity index (χ2n) is 6.99. The van der Waals surface area contributed by atoms with Crippen molar-refractivity contribution in [3.63, 3.8) is 0 Å². The van der Waals surface area contributed by atoms with Crippen molar-refractivity contribution in [1.29, 1.82) is 0 Å². The number of benzene rings is 1. The van der Waals surface area contributed by atoms with E-state index in [-0.39, 0.29) is 12.5 Å². The third-order valence-corrected chi connectivity index (χ3v) is 5.41. The number of amides is 1. The second kappa shape index (κ2) is 8.21. The topological polar surface area (TPSA) is 32.8 Å². The number of halogens is 1. The zero-order chi connectivity index (χ0) is 16.9. The van der Waals surface area contributed by atoms with Gasteiger partial charge in [-0.3, -0.25) is 4.79 Å². The van der Waals surface area contributed by atoms with Crippen LogP contribution in [0.25, 0.3) is 0 Å². The molecule has 1 aromatic carbocycles. The fraction of sp³-hybridized carbons (Fsp3) is 0.632. The van der Waals surface area contributed by atoms with Gasteiger partial charge in [-0.25, -0.2) is 0 Å². The lowest BCUT2D eigenvalue weighted by molar-refractivity contribution is -0.140. The van der Waals surface area contributed by atoms with Crippen molar-refractivity contribution in [2.24, 2.45) is 0 Å². The van der Waals surface area contributed by atoms with E-state index in [2.05, 4.69) is 16.7 Å². The molecule has 0 radical (unpaired) electrons. The van der Waals surface area contributed by atoms with Gasteiger partial charge in [-0.15, -0.1) is 0 Å². The highest BCUT2D eigenvalue weighted by Crippen LogP contribution is 2.25. The molecule has 2 heterocycles. The predicted octanol–water partition coefficient (Wildman–Crippen LogP) is 3.58. The molecule has 132 valence electrons. The van der Waals surface area contributed by atoms with Crippen molar-refractivity contribution in [2.45, 2.75) is 51.1 Å². The minimum Gasteiger partial charge on any atom is -0.484 e. The van der Waals surface area contributed by atoms with E-state index in [1.54, 1.807) is 24.3 Å². The van der Waals surface area contributed by atoms with Gasteiger partial charge in [0.2, 0.25) is 0 Å². The minimum absolute atomic E-state index is 0.0985. The average molecular weight is 351 g/mol. The van der Waals surface area contributed by atoms with Crippen LogP contribution in [0, 0.1) is 0 Å². The Bertz CT molecular complexity index is 543. The Morgan fingerprint density at radius 1 is 1.17 bits per heavy atom. The molecule has 0 N–H and O–H groups in total. The number of hydrogen-bond donors (Lipinski definition) is 0. The molecular formula is C19H27ClN2O2. The van der Waals surface area contributed by atoms with Gasteiger partial charge in [-0.2, -0.15) is 0 Å². The molecule has 0 aliphatic carbocycles. The number of hydrogen-bond acceptors (Lipinski definition) is 3. The van der Waals surface area contributed by atoms with Gasteiger partial charge in [0.25, 0.3) is 5.91 Å². The third-order valence-electron chi connectivity index (χ3n) is 5.16. The quantitative estimate of drug-likeness (QED) is 0.813. The maximum Gasteiger partial charge on any atom is 0.261 e. The Morgan fingerprint density at radius 2 is 1.88 bits per heavy atom. The summed E-state index contributed by atoms with van der Waals surface area (Å²) in [5, 5.41) is 0.670. The van der Waals surface area contributed by atoms with Gasteiger partial charge in [-0.05, 0) is 76.4 Å². The van der Waals surface area contributed by atoms with E-state index in [9.17, 15) is 4.79 Å². The fourth-order valence-corrected chi connectivity index (χ4v) is 4.06. The van der Waals surface area contributed by atoms with Gasteiger partial charge < -0.3 is 14.5 Å². The summed E-state index contributed by atoms with van der Waals surface area (Å²) >= 11 is 5.88. The Balaban J connectivity index is 1.59. The highest BCUT2D eigenvalue weighted by Gasteiger charge is 2.33. The maximum atomic E-state index is 12.8. The molecule has 2 fully saturated rings. The van der Waals surface area contributed by atoms with E-state index >= 15 is 0 Å². The lowest BCUT2D eigenvalue weighted by Crippen LogP contribution is -2.54. The van der Waals surface area contributed by atoms with Crippen LogP contribution in [0.1, 0.15) is 39.0 Å². The van der Waals surface area contributed by atoms with E-state index in [4.69, 9.17) is 16.3 Å². The van der Waals surface area contributed by atoms with Crippen molar-refractivity contribution >= 4 is 17.5 Å². The summed E-state index contributed by atoms with van der Waals surface area (Å²) in [5.41, 5.74) is 0.